The molecule has 0 atom stereocenters. The Balaban J connectivity index is 1.78. The van der Waals surface area contributed by atoms with Gasteiger partial charge in [-0.3, -0.25) is 0 Å². The van der Waals surface area contributed by atoms with E-state index in [9.17, 15) is 4.79 Å². The lowest BCUT2D eigenvalue weighted by atomic mass is 10.4. The fourth-order valence-electron chi connectivity index (χ4n) is 1.55. The Bertz CT molecular complexity index is 736. The second-order valence-electron chi connectivity index (χ2n) is 3.61. The van der Waals surface area contributed by atoms with Gasteiger partial charge in [-0.25, -0.2) is 24.7 Å². The third-order valence-electron chi connectivity index (χ3n) is 2.40. The molecule has 0 saturated heterocycles. The zero-order valence-electron chi connectivity index (χ0n) is 9.49. The van der Waals surface area contributed by atoms with Crippen LogP contribution in [0.15, 0.2) is 18.0 Å². The molecule has 0 spiro atoms. The molecule has 0 unspecified atom stereocenters. The van der Waals surface area contributed by atoms with Crippen LogP contribution in [-0.2, 0) is 6.54 Å². The first-order valence-electron chi connectivity index (χ1n) is 5.29. The van der Waals surface area contributed by atoms with Gasteiger partial charge >= 0.3 is 5.97 Å². The highest BCUT2D eigenvalue weighted by Gasteiger charge is 2.10. The Morgan fingerprint density at radius 2 is 2.32 bits per heavy atom. The van der Waals surface area contributed by atoms with Crippen molar-refractivity contribution in [3.63, 3.8) is 0 Å². The summed E-state index contributed by atoms with van der Waals surface area (Å²) >= 11 is 1.28. The molecule has 0 bridgehead atoms. The molecule has 0 aliphatic heterocycles. The number of thiazole rings is 1. The lowest BCUT2D eigenvalue weighted by Gasteiger charge is -2.03. The van der Waals surface area contributed by atoms with E-state index in [0.29, 0.717) is 28.5 Å². The highest BCUT2D eigenvalue weighted by atomic mass is 32.1. The zero-order valence-corrected chi connectivity index (χ0v) is 10.3. The average Bonchev–Trinajstić information content (AvgIpc) is 3.05. The smallest absolute Gasteiger partial charge is 0.355 e. The minimum atomic E-state index is -1.03. The highest BCUT2D eigenvalue weighted by molar-refractivity contribution is 7.09. The van der Waals surface area contributed by atoms with Crippen molar-refractivity contribution in [2.45, 2.75) is 6.54 Å². The first kappa shape index (κ1) is 11.5. The van der Waals surface area contributed by atoms with Gasteiger partial charge in [0.2, 0.25) is 0 Å². The van der Waals surface area contributed by atoms with E-state index in [1.165, 1.54) is 29.4 Å². The van der Waals surface area contributed by atoms with Crippen molar-refractivity contribution in [2.75, 3.05) is 5.32 Å². The summed E-state index contributed by atoms with van der Waals surface area (Å²) < 4.78 is 0. The predicted molar refractivity (Wildman–Crippen MR) is 68.1 cm³/mol. The molecule has 3 rings (SSSR count). The third-order valence-corrected chi connectivity index (χ3v) is 3.25. The molecule has 0 aliphatic rings. The predicted octanol–water partition coefficient (Wildman–Crippen LogP) is 1.12. The van der Waals surface area contributed by atoms with Crippen molar-refractivity contribution in [3.8, 4) is 0 Å². The maximum atomic E-state index is 10.7. The fraction of sp³-hybridized carbons (Fsp3) is 0.100. The number of imidazole rings is 1. The summed E-state index contributed by atoms with van der Waals surface area (Å²) in [5.41, 5.74) is 1.33. The molecule has 0 aliphatic carbocycles. The van der Waals surface area contributed by atoms with Crippen LogP contribution < -0.4 is 5.32 Å². The molecule has 0 amide bonds. The summed E-state index contributed by atoms with van der Waals surface area (Å²) in [7, 11) is 0. The van der Waals surface area contributed by atoms with Gasteiger partial charge in [-0.1, -0.05) is 0 Å². The van der Waals surface area contributed by atoms with Crippen molar-refractivity contribution in [1.82, 2.24) is 24.9 Å². The first-order valence-corrected chi connectivity index (χ1v) is 6.17. The number of rotatable bonds is 4. The normalized spacial score (nSPS) is 10.7. The van der Waals surface area contributed by atoms with Gasteiger partial charge < -0.3 is 15.4 Å². The maximum Gasteiger partial charge on any atom is 0.355 e. The van der Waals surface area contributed by atoms with Crippen LogP contribution in [0.25, 0.3) is 11.2 Å². The number of carboxylic acid groups (broad SMARTS) is 1. The van der Waals surface area contributed by atoms with Gasteiger partial charge in [0, 0.05) is 5.38 Å². The lowest BCUT2D eigenvalue weighted by Crippen LogP contribution is -2.03. The molecular formula is C10H8N6O2S. The van der Waals surface area contributed by atoms with E-state index in [-0.39, 0.29) is 5.69 Å². The lowest BCUT2D eigenvalue weighted by molar-refractivity contribution is 0.0691. The Kier molecular flexibility index (Phi) is 2.80. The van der Waals surface area contributed by atoms with Crippen LogP contribution in [0.4, 0.5) is 5.82 Å². The molecule has 0 saturated carbocycles. The Morgan fingerprint density at radius 3 is 3.11 bits per heavy atom. The van der Waals surface area contributed by atoms with E-state index in [1.54, 1.807) is 0 Å². The van der Waals surface area contributed by atoms with E-state index >= 15 is 0 Å². The molecule has 0 radical (unpaired) electrons. The SMILES string of the molecule is O=C(O)c1csc(CNc2ncnc3nc[nH]c23)n1. The standard InChI is InChI=1S/C10H8N6O2S/c17-10(18)5-2-19-6(16-5)1-11-8-7-9(13-3-12-7)15-4-14-8/h2-4H,1H2,(H,17,18)(H2,11,12,13,14,15). The molecule has 96 valence electrons. The number of hydrogen-bond acceptors (Lipinski definition) is 7. The Hall–Kier alpha value is -2.55. The minimum absolute atomic E-state index is 0.0520. The van der Waals surface area contributed by atoms with Gasteiger partial charge in [0.25, 0.3) is 0 Å². The molecule has 0 aromatic carbocycles. The second-order valence-corrected chi connectivity index (χ2v) is 4.55. The van der Waals surface area contributed by atoms with E-state index < -0.39 is 5.97 Å². The molecule has 19 heavy (non-hydrogen) atoms. The van der Waals surface area contributed by atoms with Crippen LogP contribution >= 0.6 is 11.3 Å². The quantitative estimate of drug-likeness (QED) is 0.653. The van der Waals surface area contributed by atoms with Crippen LogP contribution in [-0.4, -0.2) is 36.0 Å². The molecule has 8 nitrogen and oxygen atoms in total. The van der Waals surface area contributed by atoms with Crippen molar-refractivity contribution in [1.29, 1.82) is 0 Å². The molecule has 9 heteroatoms. The summed E-state index contributed by atoms with van der Waals surface area (Å²) in [4.78, 5) is 29.8. The minimum Gasteiger partial charge on any atom is -0.476 e. The van der Waals surface area contributed by atoms with Gasteiger partial charge in [-0.2, -0.15) is 0 Å². The second kappa shape index (κ2) is 4.61. The molecule has 3 aromatic heterocycles. The summed E-state index contributed by atoms with van der Waals surface area (Å²) in [6.45, 7) is 0.392. The van der Waals surface area contributed by atoms with Crippen LogP contribution in [0.5, 0.6) is 0 Å². The largest absolute Gasteiger partial charge is 0.476 e. The highest BCUT2D eigenvalue weighted by Crippen LogP contribution is 2.16. The molecule has 0 fully saturated rings. The van der Waals surface area contributed by atoms with E-state index in [4.69, 9.17) is 5.11 Å². The number of carbonyl (C=O) groups is 1. The molecule has 3 N–H and O–H groups in total. The number of aromatic nitrogens is 5. The Labute approximate surface area is 110 Å². The number of nitrogens with one attached hydrogen (secondary N) is 2. The number of aromatic amines is 1. The van der Waals surface area contributed by atoms with Crippen molar-refractivity contribution >= 4 is 34.3 Å². The topological polar surface area (TPSA) is 117 Å². The number of nitrogens with zero attached hydrogens (tertiary/aromatic N) is 4. The number of carboxylic acids is 1. The summed E-state index contributed by atoms with van der Waals surface area (Å²) in [6, 6.07) is 0. The molecular weight excluding hydrogens is 268 g/mol. The van der Waals surface area contributed by atoms with Crippen LogP contribution in [0, 0.1) is 0 Å². The van der Waals surface area contributed by atoms with Gasteiger partial charge in [-0.15, -0.1) is 11.3 Å². The summed E-state index contributed by atoms with van der Waals surface area (Å²) in [5.74, 6) is -0.421. The average molecular weight is 276 g/mol. The van der Waals surface area contributed by atoms with Gasteiger partial charge in [0.15, 0.2) is 17.2 Å². The molecule has 3 heterocycles. The first-order chi connectivity index (χ1) is 9.24. The maximum absolute atomic E-state index is 10.7. The third kappa shape index (κ3) is 2.22. The Morgan fingerprint density at radius 1 is 1.42 bits per heavy atom. The number of fused-ring (bicyclic) bond motifs is 1. The zero-order chi connectivity index (χ0) is 13.2. The number of anilines is 1. The van der Waals surface area contributed by atoms with Gasteiger partial charge in [0.1, 0.15) is 16.9 Å². The van der Waals surface area contributed by atoms with Gasteiger partial charge in [0.05, 0.1) is 12.9 Å². The van der Waals surface area contributed by atoms with E-state index in [0.717, 1.165) is 0 Å². The van der Waals surface area contributed by atoms with Gasteiger partial charge in [-0.05, 0) is 0 Å². The number of H-pyrrole nitrogens is 1. The van der Waals surface area contributed by atoms with Crippen LogP contribution in [0.2, 0.25) is 0 Å². The molecule has 3 aromatic rings. The van der Waals surface area contributed by atoms with E-state index in [2.05, 4.69) is 30.2 Å². The summed E-state index contributed by atoms with van der Waals surface area (Å²) in [6.07, 6.45) is 2.95. The van der Waals surface area contributed by atoms with Crippen LogP contribution in [0.3, 0.4) is 0 Å². The summed E-state index contributed by atoms with van der Waals surface area (Å²) in [5, 5.41) is 14.0. The van der Waals surface area contributed by atoms with Crippen molar-refractivity contribution in [3.05, 3.63) is 28.7 Å². The van der Waals surface area contributed by atoms with Crippen molar-refractivity contribution < 1.29 is 9.90 Å². The number of aromatic carboxylic acids is 1. The van der Waals surface area contributed by atoms with Crippen LogP contribution in [0.1, 0.15) is 15.5 Å². The monoisotopic (exact) mass is 276 g/mol. The van der Waals surface area contributed by atoms with E-state index in [1.807, 2.05) is 0 Å². The van der Waals surface area contributed by atoms with Crippen molar-refractivity contribution in [2.24, 2.45) is 0 Å². The number of hydrogen-bond donors (Lipinski definition) is 3. The fourth-order valence-corrected chi connectivity index (χ4v) is 2.26.